The van der Waals surface area contributed by atoms with Gasteiger partial charge in [0.15, 0.2) is 0 Å². The van der Waals surface area contributed by atoms with Crippen molar-refractivity contribution in [3.63, 3.8) is 0 Å². The Bertz CT molecular complexity index is 589. The van der Waals surface area contributed by atoms with Crippen molar-refractivity contribution in [2.45, 2.75) is 25.6 Å². The Hall–Kier alpha value is -1.71. The minimum atomic E-state index is 0.334. The van der Waals surface area contributed by atoms with Gasteiger partial charge in [0.2, 0.25) is 0 Å². The molecule has 1 fully saturated rings. The van der Waals surface area contributed by atoms with Crippen molar-refractivity contribution in [1.29, 1.82) is 0 Å². The quantitative estimate of drug-likeness (QED) is 0.863. The highest BCUT2D eigenvalue weighted by molar-refractivity contribution is 6.30. The van der Waals surface area contributed by atoms with Crippen LogP contribution in [0, 0.1) is 0 Å². The van der Waals surface area contributed by atoms with E-state index in [0.717, 1.165) is 36.6 Å². The van der Waals surface area contributed by atoms with Crippen molar-refractivity contribution in [2.75, 3.05) is 23.7 Å². The van der Waals surface area contributed by atoms with E-state index in [1.165, 1.54) is 11.3 Å². The van der Waals surface area contributed by atoms with Crippen molar-refractivity contribution in [2.24, 2.45) is 0 Å². The summed E-state index contributed by atoms with van der Waals surface area (Å²) in [5.74, 6) is 0. The number of hydrogen-bond donors (Lipinski definition) is 1. The van der Waals surface area contributed by atoms with E-state index in [4.69, 9.17) is 22.1 Å². The van der Waals surface area contributed by atoms with E-state index in [9.17, 15) is 0 Å². The van der Waals surface area contributed by atoms with Crippen molar-refractivity contribution in [3.05, 3.63) is 59.1 Å². The van der Waals surface area contributed by atoms with Gasteiger partial charge in [-0.2, -0.15) is 0 Å². The molecule has 1 aliphatic rings. The van der Waals surface area contributed by atoms with E-state index >= 15 is 0 Å². The summed E-state index contributed by atoms with van der Waals surface area (Å²) >= 11 is 5.89. The third-order valence-corrected chi connectivity index (χ3v) is 4.35. The van der Waals surface area contributed by atoms with Crippen LogP contribution >= 0.6 is 11.6 Å². The van der Waals surface area contributed by atoms with Crippen molar-refractivity contribution in [1.82, 2.24) is 0 Å². The molecular weight excluding hydrogens is 296 g/mol. The Labute approximate surface area is 136 Å². The Kier molecular flexibility index (Phi) is 4.86. The first-order chi connectivity index (χ1) is 10.7. The molecule has 2 N–H and O–H groups in total. The number of nitrogens with zero attached hydrogens (tertiary/aromatic N) is 1. The van der Waals surface area contributed by atoms with Gasteiger partial charge in [0.1, 0.15) is 0 Å². The molecule has 0 amide bonds. The number of nitrogens with two attached hydrogens (primary N) is 1. The molecule has 1 aliphatic heterocycles. The van der Waals surface area contributed by atoms with E-state index in [1.54, 1.807) is 0 Å². The fourth-order valence-electron chi connectivity index (χ4n) is 2.76. The molecule has 0 atom stereocenters. The van der Waals surface area contributed by atoms with Gasteiger partial charge in [-0.1, -0.05) is 23.7 Å². The summed E-state index contributed by atoms with van der Waals surface area (Å²) in [6, 6.07) is 15.9. The average Bonchev–Trinajstić information content (AvgIpc) is 2.56. The topological polar surface area (TPSA) is 38.5 Å². The standard InChI is InChI=1S/C18H21ClN2O/c19-15-3-1-14(2-4-15)13-22-18-9-11-21(12-10-18)17-7-5-16(20)6-8-17/h1-8,18H,9-13,20H2. The van der Waals surface area contributed by atoms with Crippen molar-refractivity contribution < 1.29 is 4.74 Å². The molecule has 2 aromatic carbocycles. The number of rotatable bonds is 4. The Balaban J connectivity index is 1.47. The maximum atomic E-state index is 6.02. The second kappa shape index (κ2) is 7.03. The summed E-state index contributed by atoms with van der Waals surface area (Å²) in [5.41, 5.74) is 8.96. The molecule has 4 heteroatoms. The zero-order chi connectivity index (χ0) is 15.4. The zero-order valence-electron chi connectivity index (χ0n) is 12.5. The molecule has 0 aliphatic carbocycles. The summed E-state index contributed by atoms with van der Waals surface area (Å²) in [5, 5.41) is 0.764. The molecule has 0 radical (unpaired) electrons. The SMILES string of the molecule is Nc1ccc(N2CCC(OCc3ccc(Cl)cc3)CC2)cc1. The van der Waals surface area contributed by atoms with E-state index < -0.39 is 0 Å². The number of benzene rings is 2. The largest absolute Gasteiger partial charge is 0.399 e. The lowest BCUT2D eigenvalue weighted by molar-refractivity contribution is 0.0251. The number of ether oxygens (including phenoxy) is 1. The molecule has 0 spiro atoms. The second-order valence-corrected chi connectivity index (χ2v) is 6.15. The van der Waals surface area contributed by atoms with Crippen LogP contribution in [0.15, 0.2) is 48.5 Å². The van der Waals surface area contributed by atoms with Gasteiger partial charge in [-0.25, -0.2) is 0 Å². The molecule has 0 bridgehead atoms. The molecular formula is C18H21ClN2O. The van der Waals surface area contributed by atoms with Crippen LogP contribution in [0.5, 0.6) is 0 Å². The minimum absolute atomic E-state index is 0.334. The molecule has 0 unspecified atom stereocenters. The van der Waals surface area contributed by atoms with Crippen LogP contribution in [-0.2, 0) is 11.3 Å². The highest BCUT2D eigenvalue weighted by atomic mass is 35.5. The van der Waals surface area contributed by atoms with Gasteiger partial charge in [-0.3, -0.25) is 0 Å². The number of halogens is 1. The molecule has 1 saturated heterocycles. The summed E-state index contributed by atoms with van der Waals surface area (Å²) in [7, 11) is 0. The van der Waals surface area contributed by atoms with Gasteiger partial charge in [-0.05, 0) is 54.8 Å². The lowest BCUT2D eigenvalue weighted by Crippen LogP contribution is -2.36. The molecule has 2 aromatic rings. The van der Waals surface area contributed by atoms with Crippen LogP contribution in [0.3, 0.4) is 0 Å². The molecule has 3 nitrogen and oxygen atoms in total. The van der Waals surface area contributed by atoms with Crippen molar-refractivity contribution >= 4 is 23.0 Å². The third-order valence-electron chi connectivity index (χ3n) is 4.10. The lowest BCUT2D eigenvalue weighted by atomic mass is 10.1. The average molecular weight is 317 g/mol. The minimum Gasteiger partial charge on any atom is -0.399 e. The fraction of sp³-hybridized carbons (Fsp3) is 0.333. The number of hydrogen-bond acceptors (Lipinski definition) is 3. The molecule has 0 aromatic heterocycles. The van der Waals surface area contributed by atoms with Crippen molar-refractivity contribution in [3.8, 4) is 0 Å². The summed E-state index contributed by atoms with van der Waals surface area (Å²) in [4.78, 5) is 2.39. The Morgan fingerprint density at radius 3 is 2.27 bits per heavy atom. The van der Waals surface area contributed by atoms with E-state index in [1.807, 2.05) is 36.4 Å². The number of nitrogen functional groups attached to an aromatic ring is 1. The maximum Gasteiger partial charge on any atom is 0.0720 e. The zero-order valence-corrected chi connectivity index (χ0v) is 13.3. The van der Waals surface area contributed by atoms with E-state index in [0.29, 0.717) is 12.7 Å². The van der Waals surface area contributed by atoms with Gasteiger partial charge in [0, 0.05) is 29.5 Å². The second-order valence-electron chi connectivity index (χ2n) is 5.72. The predicted molar refractivity (Wildman–Crippen MR) is 92.3 cm³/mol. The lowest BCUT2D eigenvalue weighted by Gasteiger charge is -2.33. The fourth-order valence-corrected chi connectivity index (χ4v) is 2.89. The van der Waals surface area contributed by atoms with Crippen LogP contribution < -0.4 is 10.6 Å². The van der Waals surface area contributed by atoms with Gasteiger partial charge in [0.05, 0.1) is 12.7 Å². The monoisotopic (exact) mass is 316 g/mol. The first-order valence-electron chi connectivity index (χ1n) is 7.67. The molecule has 116 valence electrons. The normalized spacial score (nSPS) is 16.0. The predicted octanol–water partition coefficient (Wildman–Crippen LogP) is 4.11. The molecule has 0 saturated carbocycles. The van der Waals surface area contributed by atoms with Crippen LogP contribution in [0.4, 0.5) is 11.4 Å². The smallest absolute Gasteiger partial charge is 0.0720 e. The van der Waals surface area contributed by atoms with Gasteiger partial charge in [0.25, 0.3) is 0 Å². The highest BCUT2D eigenvalue weighted by Crippen LogP contribution is 2.23. The maximum absolute atomic E-state index is 6.02. The molecule has 1 heterocycles. The van der Waals surface area contributed by atoms with Crippen LogP contribution in [-0.4, -0.2) is 19.2 Å². The Morgan fingerprint density at radius 2 is 1.64 bits per heavy atom. The van der Waals surface area contributed by atoms with Crippen LogP contribution in [0.25, 0.3) is 0 Å². The summed E-state index contributed by atoms with van der Waals surface area (Å²) in [6.07, 6.45) is 2.44. The van der Waals surface area contributed by atoms with Crippen LogP contribution in [0.2, 0.25) is 5.02 Å². The Morgan fingerprint density at radius 1 is 1.00 bits per heavy atom. The molecule has 22 heavy (non-hydrogen) atoms. The van der Waals surface area contributed by atoms with E-state index in [-0.39, 0.29) is 0 Å². The molecule has 3 rings (SSSR count). The van der Waals surface area contributed by atoms with Gasteiger partial charge >= 0.3 is 0 Å². The highest BCUT2D eigenvalue weighted by Gasteiger charge is 2.19. The number of piperidine rings is 1. The van der Waals surface area contributed by atoms with Crippen LogP contribution in [0.1, 0.15) is 18.4 Å². The van der Waals surface area contributed by atoms with Gasteiger partial charge < -0.3 is 15.4 Å². The number of anilines is 2. The van der Waals surface area contributed by atoms with Gasteiger partial charge in [-0.15, -0.1) is 0 Å². The summed E-state index contributed by atoms with van der Waals surface area (Å²) < 4.78 is 6.02. The first-order valence-corrected chi connectivity index (χ1v) is 8.05. The summed E-state index contributed by atoms with van der Waals surface area (Å²) in [6.45, 7) is 2.70. The van der Waals surface area contributed by atoms with E-state index in [2.05, 4.69) is 17.0 Å². The first kappa shape index (κ1) is 15.2. The third kappa shape index (κ3) is 3.93.